The van der Waals surface area contributed by atoms with Crippen LogP contribution in [-0.4, -0.2) is 23.6 Å². The second-order valence-electron chi connectivity index (χ2n) is 3.64. The Morgan fingerprint density at radius 1 is 1.37 bits per heavy atom. The number of thiocarbonyl (C=S) groups is 1. The van der Waals surface area contributed by atoms with E-state index < -0.39 is 10.0 Å². The van der Waals surface area contributed by atoms with E-state index in [2.05, 4.69) is 14.9 Å². The highest BCUT2D eigenvalue weighted by Gasteiger charge is 2.15. The number of hydrogen-bond acceptors (Lipinski definition) is 6. The van der Waals surface area contributed by atoms with Crippen LogP contribution >= 0.6 is 23.6 Å². The fourth-order valence-corrected chi connectivity index (χ4v) is 3.24. The van der Waals surface area contributed by atoms with Gasteiger partial charge in [0.1, 0.15) is 5.51 Å². The number of anilines is 1. The van der Waals surface area contributed by atoms with E-state index in [1.54, 1.807) is 12.1 Å². The number of nitrogens with zero attached hydrogens (tertiary/aromatic N) is 2. The van der Waals surface area contributed by atoms with E-state index >= 15 is 0 Å². The second-order valence-corrected chi connectivity index (χ2v) is 6.68. The Kier molecular flexibility index (Phi) is 4.08. The Bertz CT molecular complexity index is 665. The third kappa shape index (κ3) is 3.69. The number of nitrogens with one attached hydrogen (secondary N) is 1. The zero-order chi connectivity index (χ0) is 13.9. The molecule has 19 heavy (non-hydrogen) atoms. The molecule has 1 aromatic heterocycles. The molecule has 0 aliphatic rings. The van der Waals surface area contributed by atoms with Crippen molar-refractivity contribution in [2.24, 2.45) is 5.73 Å². The number of benzene rings is 1. The molecule has 0 saturated carbocycles. The fourth-order valence-electron chi connectivity index (χ4n) is 1.38. The Labute approximate surface area is 119 Å². The van der Waals surface area contributed by atoms with Crippen molar-refractivity contribution in [3.05, 3.63) is 35.3 Å². The second kappa shape index (κ2) is 5.59. The van der Waals surface area contributed by atoms with Crippen LogP contribution in [0.15, 0.2) is 34.7 Å². The molecule has 1 heterocycles. The third-order valence-electron chi connectivity index (χ3n) is 2.19. The predicted octanol–water partition coefficient (Wildman–Crippen LogP) is 1.17. The van der Waals surface area contributed by atoms with Gasteiger partial charge >= 0.3 is 0 Å². The zero-order valence-corrected chi connectivity index (χ0v) is 12.1. The first-order valence-electron chi connectivity index (χ1n) is 5.13. The molecule has 0 spiro atoms. The molecule has 100 valence electrons. The van der Waals surface area contributed by atoms with E-state index in [0.717, 1.165) is 16.9 Å². The molecule has 0 aliphatic heterocycles. The Morgan fingerprint density at radius 2 is 2.05 bits per heavy atom. The lowest BCUT2D eigenvalue weighted by atomic mass is 10.1. The maximum Gasteiger partial charge on any atom is 0.263 e. The average molecular weight is 314 g/mol. The summed E-state index contributed by atoms with van der Waals surface area (Å²) < 4.78 is 26.4. The van der Waals surface area contributed by atoms with Gasteiger partial charge in [0.05, 0.1) is 9.88 Å². The lowest BCUT2D eigenvalue weighted by molar-refractivity contribution is 0.601. The van der Waals surface area contributed by atoms with Crippen LogP contribution in [-0.2, 0) is 16.4 Å². The molecule has 0 bridgehead atoms. The van der Waals surface area contributed by atoms with Crippen LogP contribution < -0.4 is 10.5 Å². The molecule has 0 radical (unpaired) electrons. The van der Waals surface area contributed by atoms with Gasteiger partial charge in [0.2, 0.25) is 5.13 Å². The first-order valence-corrected chi connectivity index (χ1v) is 7.91. The van der Waals surface area contributed by atoms with Gasteiger partial charge in [-0.3, -0.25) is 4.72 Å². The van der Waals surface area contributed by atoms with Crippen LogP contribution in [0.5, 0.6) is 0 Å². The zero-order valence-electron chi connectivity index (χ0n) is 9.61. The highest BCUT2D eigenvalue weighted by atomic mass is 32.2. The highest BCUT2D eigenvalue weighted by Crippen LogP contribution is 2.17. The monoisotopic (exact) mass is 314 g/mol. The molecule has 0 atom stereocenters. The first kappa shape index (κ1) is 13.8. The van der Waals surface area contributed by atoms with Gasteiger partial charge < -0.3 is 5.73 Å². The summed E-state index contributed by atoms with van der Waals surface area (Å²) in [5, 5.41) is 7.42. The predicted molar refractivity (Wildman–Crippen MR) is 77.6 cm³/mol. The lowest BCUT2D eigenvalue weighted by Crippen LogP contribution is -2.14. The van der Waals surface area contributed by atoms with Crippen LogP contribution in [0.4, 0.5) is 5.13 Å². The van der Waals surface area contributed by atoms with E-state index in [4.69, 9.17) is 18.0 Å². The summed E-state index contributed by atoms with van der Waals surface area (Å²) in [5.41, 5.74) is 7.74. The maximum atomic E-state index is 12.0. The van der Waals surface area contributed by atoms with Crippen molar-refractivity contribution in [2.75, 3.05) is 4.72 Å². The van der Waals surface area contributed by atoms with E-state index in [0.29, 0.717) is 11.4 Å². The molecule has 0 amide bonds. The quantitative estimate of drug-likeness (QED) is 0.804. The summed E-state index contributed by atoms with van der Waals surface area (Å²) in [6, 6.07) is 6.34. The summed E-state index contributed by atoms with van der Waals surface area (Å²) in [6.45, 7) is 0. The maximum absolute atomic E-state index is 12.0. The van der Waals surface area contributed by atoms with Crippen LogP contribution in [0.3, 0.4) is 0 Å². The minimum atomic E-state index is -3.63. The summed E-state index contributed by atoms with van der Waals surface area (Å²) in [4.78, 5) is 0.511. The molecule has 0 aliphatic carbocycles. The largest absolute Gasteiger partial charge is 0.393 e. The summed E-state index contributed by atoms with van der Waals surface area (Å²) in [6.07, 6.45) is 0.444. The number of hydrogen-bond donors (Lipinski definition) is 2. The minimum absolute atomic E-state index is 0.148. The number of aromatic nitrogens is 2. The van der Waals surface area contributed by atoms with Crippen molar-refractivity contribution in [1.29, 1.82) is 0 Å². The molecule has 1 aromatic carbocycles. The van der Waals surface area contributed by atoms with Gasteiger partial charge in [0.25, 0.3) is 10.0 Å². The third-order valence-corrected chi connectivity index (χ3v) is 4.43. The number of sulfonamides is 1. The SMILES string of the molecule is NC(=S)Cc1ccc(S(=O)(=O)Nc2nncs2)cc1. The standard InChI is InChI=1S/C10H10N4O2S3/c11-9(17)5-7-1-3-8(4-2-7)19(15,16)14-10-13-12-6-18-10/h1-4,6H,5H2,(H2,11,17)(H,13,14). The van der Waals surface area contributed by atoms with Crippen LogP contribution in [0, 0.1) is 0 Å². The van der Waals surface area contributed by atoms with Crippen LogP contribution in [0.25, 0.3) is 0 Å². The molecule has 6 nitrogen and oxygen atoms in total. The first-order chi connectivity index (χ1) is 8.97. The number of rotatable bonds is 5. The summed E-state index contributed by atoms with van der Waals surface area (Å²) in [5.74, 6) is 0. The van der Waals surface area contributed by atoms with Gasteiger partial charge in [-0.05, 0) is 17.7 Å². The van der Waals surface area contributed by atoms with Crippen molar-refractivity contribution >= 4 is 43.7 Å². The van der Waals surface area contributed by atoms with Crippen molar-refractivity contribution < 1.29 is 8.42 Å². The van der Waals surface area contributed by atoms with Gasteiger partial charge in [0.15, 0.2) is 0 Å². The van der Waals surface area contributed by atoms with E-state index in [9.17, 15) is 8.42 Å². The van der Waals surface area contributed by atoms with Crippen molar-refractivity contribution in [3.8, 4) is 0 Å². The van der Waals surface area contributed by atoms with Crippen LogP contribution in [0.2, 0.25) is 0 Å². The fraction of sp³-hybridized carbons (Fsp3) is 0.100. The molecule has 0 fully saturated rings. The smallest absolute Gasteiger partial charge is 0.263 e. The van der Waals surface area contributed by atoms with E-state index in [1.807, 2.05) is 0 Å². The van der Waals surface area contributed by atoms with Crippen molar-refractivity contribution in [3.63, 3.8) is 0 Å². The Balaban J connectivity index is 2.19. The molecule has 2 rings (SSSR count). The molecular formula is C10H10N4O2S3. The summed E-state index contributed by atoms with van der Waals surface area (Å²) >= 11 is 5.90. The molecule has 3 N–H and O–H groups in total. The highest BCUT2D eigenvalue weighted by molar-refractivity contribution is 7.93. The Morgan fingerprint density at radius 3 is 2.58 bits per heavy atom. The topological polar surface area (TPSA) is 98.0 Å². The van der Waals surface area contributed by atoms with Gasteiger partial charge in [-0.1, -0.05) is 35.7 Å². The minimum Gasteiger partial charge on any atom is -0.393 e. The van der Waals surface area contributed by atoms with Crippen LogP contribution in [0.1, 0.15) is 5.56 Å². The van der Waals surface area contributed by atoms with E-state index in [1.165, 1.54) is 17.6 Å². The molecule has 0 saturated heterocycles. The van der Waals surface area contributed by atoms with Crippen molar-refractivity contribution in [2.45, 2.75) is 11.3 Å². The normalized spacial score (nSPS) is 11.2. The van der Waals surface area contributed by atoms with Gasteiger partial charge in [-0.15, -0.1) is 10.2 Å². The molecular weight excluding hydrogens is 304 g/mol. The molecule has 0 unspecified atom stereocenters. The van der Waals surface area contributed by atoms with Gasteiger partial charge in [0, 0.05) is 6.42 Å². The van der Waals surface area contributed by atoms with Gasteiger partial charge in [-0.2, -0.15) is 0 Å². The molecule has 2 aromatic rings. The number of nitrogens with two attached hydrogens (primary N) is 1. The molecule has 9 heteroatoms. The summed E-state index contributed by atoms with van der Waals surface area (Å²) in [7, 11) is -3.63. The van der Waals surface area contributed by atoms with Crippen molar-refractivity contribution in [1.82, 2.24) is 10.2 Å². The van der Waals surface area contributed by atoms with Gasteiger partial charge in [-0.25, -0.2) is 8.42 Å². The lowest BCUT2D eigenvalue weighted by Gasteiger charge is -2.05. The average Bonchev–Trinajstić information content (AvgIpc) is 2.81. The Hall–Kier alpha value is -1.58. The van der Waals surface area contributed by atoms with E-state index in [-0.39, 0.29) is 10.0 Å².